The van der Waals surface area contributed by atoms with Gasteiger partial charge in [0.05, 0.1) is 6.61 Å². The quantitative estimate of drug-likeness (QED) is 0.742. The molecule has 1 aromatic carbocycles. The third kappa shape index (κ3) is 5.62. The molecule has 0 bridgehead atoms. The second kappa shape index (κ2) is 8.94. The fourth-order valence-corrected chi connectivity index (χ4v) is 2.06. The lowest BCUT2D eigenvalue weighted by molar-refractivity contribution is 0.127. The topological polar surface area (TPSA) is 24.5 Å². The van der Waals surface area contributed by atoms with Gasteiger partial charge in [-0.15, -0.1) is 0 Å². The zero-order chi connectivity index (χ0) is 14.1. The Morgan fingerprint density at radius 1 is 1.11 bits per heavy atom. The molecule has 0 aliphatic rings. The van der Waals surface area contributed by atoms with E-state index in [9.17, 15) is 0 Å². The van der Waals surface area contributed by atoms with Crippen LogP contribution in [0.4, 0.5) is 5.69 Å². The van der Waals surface area contributed by atoms with Crippen LogP contribution in [0.3, 0.4) is 0 Å². The van der Waals surface area contributed by atoms with Gasteiger partial charge in [0.15, 0.2) is 0 Å². The molecule has 0 fully saturated rings. The summed E-state index contributed by atoms with van der Waals surface area (Å²) in [7, 11) is 0. The predicted octanol–water partition coefficient (Wildman–Crippen LogP) is 3.05. The number of rotatable bonds is 9. The zero-order valence-corrected chi connectivity index (χ0v) is 12.8. The van der Waals surface area contributed by atoms with E-state index in [1.165, 1.54) is 11.3 Å². The minimum Gasteiger partial charge on any atom is -0.380 e. The molecule has 1 unspecified atom stereocenters. The Kier molecular flexibility index (Phi) is 7.53. The second-order valence-corrected chi connectivity index (χ2v) is 4.78. The van der Waals surface area contributed by atoms with E-state index < -0.39 is 0 Å². The van der Waals surface area contributed by atoms with Gasteiger partial charge in [-0.1, -0.05) is 12.1 Å². The third-order valence-electron chi connectivity index (χ3n) is 3.29. The highest BCUT2D eigenvalue weighted by molar-refractivity contribution is 5.47. The number of anilines is 1. The summed E-state index contributed by atoms with van der Waals surface area (Å²) in [6.45, 7) is 13.1. The highest BCUT2D eigenvalue weighted by Gasteiger charge is 2.03. The standard InChI is InChI=1S/C16H28N2O/c1-5-18(6-2)16-10-8-15(9-11-16)12-17-14(4)13-19-7-3/h8-11,14,17H,5-7,12-13H2,1-4H3. The largest absolute Gasteiger partial charge is 0.380 e. The van der Waals surface area contributed by atoms with E-state index in [-0.39, 0.29) is 0 Å². The average molecular weight is 264 g/mol. The number of ether oxygens (including phenoxy) is 1. The van der Waals surface area contributed by atoms with Crippen molar-refractivity contribution in [2.75, 3.05) is 31.2 Å². The fraction of sp³-hybridized carbons (Fsp3) is 0.625. The van der Waals surface area contributed by atoms with Crippen LogP contribution in [0.2, 0.25) is 0 Å². The van der Waals surface area contributed by atoms with Crippen LogP contribution in [0.15, 0.2) is 24.3 Å². The molecular weight excluding hydrogens is 236 g/mol. The Bertz CT molecular complexity index is 333. The maximum Gasteiger partial charge on any atom is 0.0616 e. The summed E-state index contributed by atoms with van der Waals surface area (Å²) in [5.74, 6) is 0. The van der Waals surface area contributed by atoms with Crippen LogP contribution in [0.5, 0.6) is 0 Å². The van der Waals surface area contributed by atoms with Crippen LogP contribution in [0, 0.1) is 0 Å². The van der Waals surface area contributed by atoms with Crippen molar-refractivity contribution in [1.82, 2.24) is 5.32 Å². The van der Waals surface area contributed by atoms with Gasteiger partial charge in [0.1, 0.15) is 0 Å². The fourth-order valence-electron chi connectivity index (χ4n) is 2.06. The first-order valence-electron chi connectivity index (χ1n) is 7.36. The highest BCUT2D eigenvalue weighted by atomic mass is 16.5. The normalized spacial score (nSPS) is 12.4. The van der Waals surface area contributed by atoms with Gasteiger partial charge in [-0.05, 0) is 45.4 Å². The summed E-state index contributed by atoms with van der Waals surface area (Å²) < 4.78 is 5.39. The van der Waals surface area contributed by atoms with Gasteiger partial charge in [0.25, 0.3) is 0 Å². The second-order valence-electron chi connectivity index (χ2n) is 4.78. The monoisotopic (exact) mass is 264 g/mol. The van der Waals surface area contributed by atoms with Gasteiger partial charge < -0.3 is 15.0 Å². The molecular formula is C16H28N2O. The first-order chi connectivity index (χ1) is 9.21. The lowest BCUT2D eigenvalue weighted by atomic mass is 10.2. The maximum absolute atomic E-state index is 5.39. The van der Waals surface area contributed by atoms with Crippen LogP contribution in [-0.4, -0.2) is 32.3 Å². The van der Waals surface area contributed by atoms with Crippen molar-refractivity contribution >= 4 is 5.69 Å². The molecule has 0 radical (unpaired) electrons. The van der Waals surface area contributed by atoms with Gasteiger partial charge >= 0.3 is 0 Å². The molecule has 1 atom stereocenters. The molecule has 3 heteroatoms. The van der Waals surface area contributed by atoms with Crippen molar-refractivity contribution < 1.29 is 4.74 Å². The van der Waals surface area contributed by atoms with E-state index in [1.54, 1.807) is 0 Å². The van der Waals surface area contributed by atoms with Crippen molar-refractivity contribution in [3.05, 3.63) is 29.8 Å². The Labute approximate surface area is 118 Å². The number of benzene rings is 1. The minimum absolute atomic E-state index is 0.391. The highest BCUT2D eigenvalue weighted by Crippen LogP contribution is 2.14. The molecule has 19 heavy (non-hydrogen) atoms. The molecule has 1 aromatic rings. The Morgan fingerprint density at radius 3 is 2.26 bits per heavy atom. The van der Waals surface area contributed by atoms with Gasteiger partial charge in [0.2, 0.25) is 0 Å². The minimum atomic E-state index is 0.391. The van der Waals surface area contributed by atoms with Crippen molar-refractivity contribution in [3.63, 3.8) is 0 Å². The summed E-state index contributed by atoms with van der Waals surface area (Å²) in [4.78, 5) is 2.36. The van der Waals surface area contributed by atoms with E-state index >= 15 is 0 Å². The van der Waals surface area contributed by atoms with Crippen LogP contribution >= 0.6 is 0 Å². The third-order valence-corrected chi connectivity index (χ3v) is 3.29. The van der Waals surface area contributed by atoms with Crippen molar-refractivity contribution in [3.8, 4) is 0 Å². The molecule has 1 N–H and O–H groups in total. The molecule has 0 saturated heterocycles. The van der Waals surface area contributed by atoms with Crippen LogP contribution in [0.1, 0.15) is 33.3 Å². The van der Waals surface area contributed by atoms with E-state index in [0.717, 1.165) is 32.8 Å². The van der Waals surface area contributed by atoms with Gasteiger partial charge in [-0.25, -0.2) is 0 Å². The lowest BCUT2D eigenvalue weighted by Gasteiger charge is -2.21. The zero-order valence-electron chi connectivity index (χ0n) is 12.8. The summed E-state index contributed by atoms with van der Waals surface area (Å²) in [5, 5.41) is 3.47. The molecule has 1 rings (SSSR count). The Hall–Kier alpha value is -1.06. The Balaban J connectivity index is 2.43. The molecule has 0 amide bonds. The summed E-state index contributed by atoms with van der Waals surface area (Å²) in [5.41, 5.74) is 2.62. The van der Waals surface area contributed by atoms with Gasteiger partial charge in [0, 0.05) is 38.0 Å². The molecule has 0 aliphatic carbocycles. The van der Waals surface area contributed by atoms with Crippen LogP contribution in [0.25, 0.3) is 0 Å². The van der Waals surface area contributed by atoms with E-state index in [4.69, 9.17) is 4.74 Å². The molecule has 3 nitrogen and oxygen atoms in total. The first kappa shape index (κ1) is 16.0. The molecule has 0 aliphatic heterocycles. The summed E-state index contributed by atoms with van der Waals surface area (Å²) in [6, 6.07) is 9.21. The number of hydrogen-bond acceptors (Lipinski definition) is 3. The number of nitrogens with one attached hydrogen (secondary N) is 1. The predicted molar refractivity (Wildman–Crippen MR) is 82.8 cm³/mol. The van der Waals surface area contributed by atoms with E-state index in [1.807, 2.05) is 6.92 Å². The van der Waals surface area contributed by atoms with Crippen molar-refractivity contribution in [2.24, 2.45) is 0 Å². The molecule has 0 spiro atoms. The van der Waals surface area contributed by atoms with Crippen LogP contribution in [-0.2, 0) is 11.3 Å². The molecule has 108 valence electrons. The first-order valence-corrected chi connectivity index (χ1v) is 7.36. The van der Waals surface area contributed by atoms with E-state index in [0.29, 0.717) is 6.04 Å². The number of hydrogen-bond donors (Lipinski definition) is 1. The summed E-state index contributed by atoms with van der Waals surface area (Å²) in [6.07, 6.45) is 0. The molecule has 0 saturated carbocycles. The number of nitrogens with zero attached hydrogens (tertiary/aromatic N) is 1. The van der Waals surface area contributed by atoms with Crippen molar-refractivity contribution in [2.45, 2.75) is 40.3 Å². The molecule has 0 heterocycles. The van der Waals surface area contributed by atoms with Crippen molar-refractivity contribution in [1.29, 1.82) is 0 Å². The lowest BCUT2D eigenvalue weighted by Crippen LogP contribution is -2.30. The maximum atomic E-state index is 5.39. The van der Waals surface area contributed by atoms with Crippen LogP contribution < -0.4 is 10.2 Å². The molecule has 0 aromatic heterocycles. The smallest absolute Gasteiger partial charge is 0.0616 e. The SMILES string of the molecule is CCOCC(C)NCc1ccc(N(CC)CC)cc1. The Morgan fingerprint density at radius 2 is 1.74 bits per heavy atom. The summed E-state index contributed by atoms with van der Waals surface area (Å²) >= 11 is 0. The van der Waals surface area contributed by atoms with Gasteiger partial charge in [-0.2, -0.15) is 0 Å². The van der Waals surface area contributed by atoms with E-state index in [2.05, 4.69) is 55.3 Å². The van der Waals surface area contributed by atoms with Gasteiger partial charge in [-0.3, -0.25) is 0 Å². The average Bonchev–Trinajstić information content (AvgIpc) is 2.45.